The highest BCUT2D eigenvalue weighted by Gasteiger charge is 2.42. The quantitative estimate of drug-likeness (QED) is 0.179. The largest absolute Gasteiger partial charge is 0.0928 e. The molecule has 0 saturated heterocycles. The molecule has 0 aliphatic heterocycles. The van der Waals surface area contributed by atoms with Gasteiger partial charge in [-0.3, -0.25) is 0 Å². The molecule has 0 spiro atoms. The first kappa shape index (κ1) is 23.6. The third-order valence-corrected chi connectivity index (χ3v) is 7.85. The summed E-state index contributed by atoms with van der Waals surface area (Å²) in [5.74, 6) is 0. The fraction of sp³-hybridized carbons (Fsp3) is 0.520. The maximum atomic E-state index is 6.49. The van der Waals surface area contributed by atoms with E-state index in [1.165, 1.54) is 86.5 Å². The molecule has 2 aromatic rings. The van der Waals surface area contributed by atoms with Crippen LogP contribution in [-0.2, 0) is 5.41 Å². The number of benzene rings is 2. The minimum Gasteiger partial charge on any atom is -0.0928 e. The topological polar surface area (TPSA) is 0 Å². The molecule has 158 valence electrons. The molecule has 0 nitrogen and oxygen atoms in total. The average Bonchev–Trinajstić information content (AvgIpc) is 2.96. The molecule has 2 aromatic carbocycles. The van der Waals surface area contributed by atoms with Gasteiger partial charge < -0.3 is 0 Å². The first-order valence-electron chi connectivity index (χ1n) is 10.8. The van der Waals surface area contributed by atoms with Crippen LogP contribution in [0.2, 0.25) is 10.0 Å². The number of hydrogen-bond acceptors (Lipinski definition) is 0. The van der Waals surface area contributed by atoms with Crippen molar-refractivity contribution in [3.8, 4) is 11.1 Å². The van der Waals surface area contributed by atoms with Gasteiger partial charge in [-0.1, -0.05) is 106 Å². The first-order chi connectivity index (χ1) is 14.1. The molecular formula is C25H30Br2Cl2. The molecule has 0 bridgehead atoms. The Morgan fingerprint density at radius 3 is 1.41 bits per heavy atom. The molecule has 1 aliphatic rings. The molecule has 0 atom stereocenters. The van der Waals surface area contributed by atoms with E-state index in [0.717, 1.165) is 20.7 Å². The third kappa shape index (κ3) is 5.62. The van der Waals surface area contributed by atoms with Crippen molar-refractivity contribution in [1.29, 1.82) is 0 Å². The first-order valence-corrected chi connectivity index (χ1v) is 13.8. The average molecular weight is 561 g/mol. The molecule has 0 aromatic heterocycles. The Hall–Kier alpha value is -0.0200. The molecule has 0 radical (unpaired) electrons. The Labute approximate surface area is 203 Å². The standard InChI is InChI=1S/C25H30Br2Cl2/c26-15-7-3-1-5-13-25(14-6-2-4-8-16-27)23-17-19(28)9-11-21(23)22-12-10-20(29)18-24(22)25/h9-12,17-18H,1-8,13-16H2. The Morgan fingerprint density at radius 2 is 1.00 bits per heavy atom. The van der Waals surface area contributed by atoms with Crippen molar-refractivity contribution >= 4 is 55.1 Å². The highest BCUT2D eigenvalue weighted by molar-refractivity contribution is 9.09. The maximum absolute atomic E-state index is 6.49. The predicted molar refractivity (Wildman–Crippen MR) is 136 cm³/mol. The summed E-state index contributed by atoms with van der Waals surface area (Å²) in [4.78, 5) is 0. The highest BCUT2D eigenvalue weighted by atomic mass is 79.9. The van der Waals surface area contributed by atoms with Crippen molar-refractivity contribution in [1.82, 2.24) is 0 Å². The van der Waals surface area contributed by atoms with Gasteiger partial charge in [0.2, 0.25) is 0 Å². The molecule has 3 rings (SSSR count). The summed E-state index contributed by atoms with van der Waals surface area (Å²) in [6.07, 6.45) is 12.5. The fourth-order valence-corrected chi connectivity index (χ4v) is 5.99. The van der Waals surface area contributed by atoms with Crippen molar-refractivity contribution in [3.63, 3.8) is 0 Å². The van der Waals surface area contributed by atoms with Crippen LogP contribution in [0.1, 0.15) is 75.3 Å². The van der Waals surface area contributed by atoms with Gasteiger partial charge in [-0.25, -0.2) is 0 Å². The molecule has 0 fully saturated rings. The second-order valence-electron chi connectivity index (χ2n) is 8.17. The molecule has 0 unspecified atom stereocenters. The second-order valence-corrected chi connectivity index (χ2v) is 10.6. The molecule has 0 N–H and O–H groups in total. The van der Waals surface area contributed by atoms with Gasteiger partial charge in [0.1, 0.15) is 0 Å². The molecule has 0 saturated carbocycles. The minimum atomic E-state index is 0.0449. The van der Waals surface area contributed by atoms with Gasteiger partial charge in [-0.15, -0.1) is 0 Å². The second kappa shape index (κ2) is 11.6. The smallest absolute Gasteiger partial charge is 0.0409 e. The minimum absolute atomic E-state index is 0.0449. The van der Waals surface area contributed by atoms with Gasteiger partial charge in [-0.2, -0.15) is 0 Å². The van der Waals surface area contributed by atoms with Gasteiger partial charge >= 0.3 is 0 Å². The Morgan fingerprint density at radius 1 is 0.586 bits per heavy atom. The van der Waals surface area contributed by atoms with E-state index in [9.17, 15) is 0 Å². The van der Waals surface area contributed by atoms with Crippen molar-refractivity contribution in [2.75, 3.05) is 10.7 Å². The number of hydrogen-bond donors (Lipinski definition) is 0. The van der Waals surface area contributed by atoms with Gasteiger partial charge in [-0.05, 0) is 72.2 Å². The number of alkyl halides is 2. The van der Waals surface area contributed by atoms with E-state index in [1.54, 1.807) is 0 Å². The number of halogens is 4. The van der Waals surface area contributed by atoms with Crippen LogP contribution in [0, 0.1) is 0 Å². The zero-order valence-corrected chi connectivity index (χ0v) is 21.6. The van der Waals surface area contributed by atoms with Crippen LogP contribution in [0.25, 0.3) is 11.1 Å². The normalized spacial score (nSPS) is 14.1. The van der Waals surface area contributed by atoms with E-state index < -0.39 is 0 Å². The lowest BCUT2D eigenvalue weighted by Crippen LogP contribution is -2.25. The molecule has 0 amide bonds. The van der Waals surface area contributed by atoms with Crippen molar-refractivity contribution < 1.29 is 0 Å². The van der Waals surface area contributed by atoms with Crippen LogP contribution in [0.5, 0.6) is 0 Å². The van der Waals surface area contributed by atoms with Crippen molar-refractivity contribution in [3.05, 3.63) is 57.6 Å². The van der Waals surface area contributed by atoms with Gasteiger partial charge in [0, 0.05) is 26.1 Å². The lowest BCUT2D eigenvalue weighted by atomic mass is 9.70. The van der Waals surface area contributed by atoms with Crippen LogP contribution < -0.4 is 0 Å². The summed E-state index contributed by atoms with van der Waals surface area (Å²) in [6.45, 7) is 0. The Kier molecular flexibility index (Phi) is 9.42. The van der Waals surface area contributed by atoms with E-state index in [2.05, 4.69) is 56.1 Å². The fourth-order valence-electron chi connectivity index (χ4n) is 4.85. The lowest BCUT2D eigenvalue weighted by molar-refractivity contribution is 0.401. The lowest BCUT2D eigenvalue weighted by Gasteiger charge is -2.33. The summed E-state index contributed by atoms with van der Waals surface area (Å²) in [7, 11) is 0. The van der Waals surface area contributed by atoms with Crippen molar-refractivity contribution in [2.45, 2.75) is 69.6 Å². The van der Waals surface area contributed by atoms with Crippen LogP contribution in [0.15, 0.2) is 36.4 Å². The maximum Gasteiger partial charge on any atom is 0.0409 e. The SMILES string of the molecule is Clc1ccc2c(c1)C(CCCCCCBr)(CCCCCCBr)c1cc(Cl)ccc1-2. The predicted octanol–water partition coefficient (Wildman–Crippen LogP) is 9.95. The zero-order valence-electron chi connectivity index (χ0n) is 17.0. The van der Waals surface area contributed by atoms with Gasteiger partial charge in [0.25, 0.3) is 0 Å². The summed E-state index contributed by atoms with van der Waals surface area (Å²) in [6, 6.07) is 12.9. The molecule has 1 aliphatic carbocycles. The van der Waals surface area contributed by atoms with Crippen molar-refractivity contribution in [2.24, 2.45) is 0 Å². The molecular weight excluding hydrogens is 531 g/mol. The number of unbranched alkanes of at least 4 members (excludes halogenated alkanes) is 6. The van der Waals surface area contributed by atoms with E-state index in [0.29, 0.717) is 0 Å². The molecule has 0 heterocycles. The Balaban J connectivity index is 1.93. The van der Waals surface area contributed by atoms with Crippen LogP contribution in [0.4, 0.5) is 0 Å². The van der Waals surface area contributed by atoms with Crippen LogP contribution in [0.3, 0.4) is 0 Å². The van der Waals surface area contributed by atoms with E-state index >= 15 is 0 Å². The van der Waals surface area contributed by atoms with E-state index in [-0.39, 0.29) is 5.41 Å². The summed E-state index contributed by atoms with van der Waals surface area (Å²) >= 11 is 20.1. The van der Waals surface area contributed by atoms with E-state index in [1.807, 2.05) is 12.1 Å². The van der Waals surface area contributed by atoms with Crippen LogP contribution in [-0.4, -0.2) is 10.7 Å². The summed E-state index contributed by atoms with van der Waals surface area (Å²) in [5.41, 5.74) is 5.58. The zero-order chi connectivity index (χ0) is 20.7. The monoisotopic (exact) mass is 558 g/mol. The van der Waals surface area contributed by atoms with Crippen LogP contribution >= 0.6 is 55.1 Å². The van der Waals surface area contributed by atoms with Gasteiger partial charge in [0.15, 0.2) is 0 Å². The highest BCUT2D eigenvalue weighted by Crippen LogP contribution is 2.55. The summed E-state index contributed by atoms with van der Waals surface area (Å²) in [5, 5.41) is 3.88. The summed E-state index contributed by atoms with van der Waals surface area (Å²) < 4.78 is 0. The van der Waals surface area contributed by atoms with Gasteiger partial charge in [0.05, 0.1) is 0 Å². The third-order valence-electron chi connectivity index (χ3n) is 6.26. The molecule has 29 heavy (non-hydrogen) atoms. The number of fused-ring (bicyclic) bond motifs is 3. The number of rotatable bonds is 12. The molecule has 4 heteroatoms. The Bertz CT molecular complexity index is 736. The van der Waals surface area contributed by atoms with E-state index in [4.69, 9.17) is 23.2 Å².